The molecule has 5 nitrogen and oxygen atoms in total. The van der Waals surface area contributed by atoms with Crippen molar-refractivity contribution >= 4 is 0 Å². The van der Waals surface area contributed by atoms with Crippen LogP contribution in [-0.2, 0) is 16.0 Å². The molecule has 1 aliphatic heterocycles. The second-order valence-corrected chi connectivity index (χ2v) is 4.67. The van der Waals surface area contributed by atoms with Gasteiger partial charge in [-0.3, -0.25) is 4.98 Å². The van der Waals surface area contributed by atoms with Gasteiger partial charge in [0.1, 0.15) is 6.07 Å². The lowest BCUT2D eigenvalue weighted by Gasteiger charge is -2.31. The molecule has 0 spiro atoms. The van der Waals surface area contributed by atoms with Gasteiger partial charge in [-0.15, -0.1) is 0 Å². The minimum Gasteiger partial charge on any atom is -0.380 e. The number of nitrogens with zero attached hydrogens (tertiary/aromatic N) is 2. The van der Waals surface area contributed by atoms with E-state index in [2.05, 4.69) is 16.4 Å². The van der Waals surface area contributed by atoms with E-state index in [4.69, 9.17) is 14.7 Å². The highest BCUT2D eigenvalue weighted by Crippen LogP contribution is 2.12. The molecule has 1 aromatic rings. The number of hydrogen-bond donors (Lipinski definition) is 1. The molecule has 5 heteroatoms. The summed E-state index contributed by atoms with van der Waals surface area (Å²) >= 11 is 0. The van der Waals surface area contributed by atoms with Crippen molar-refractivity contribution in [2.45, 2.75) is 32.0 Å². The summed E-state index contributed by atoms with van der Waals surface area (Å²) in [6, 6.07) is 6.00. The van der Waals surface area contributed by atoms with Crippen molar-refractivity contribution in [1.82, 2.24) is 10.3 Å². The fraction of sp³-hybridized carbons (Fsp3) is 0.571. The largest absolute Gasteiger partial charge is 0.380 e. The normalized spacial score (nSPS) is 23.0. The summed E-state index contributed by atoms with van der Waals surface area (Å²) in [5.41, 5.74) is 2.32. The molecule has 0 unspecified atom stereocenters. The van der Waals surface area contributed by atoms with E-state index in [1.165, 1.54) is 0 Å². The predicted molar refractivity (Wildman–Crippen MR) is 70.5 cm³/mol. The maximum Gasteiger partial charge on any atom is 0.101 e. The number of hydrogen-bond acceptors (Lipinski definition) is 5. The lowest BCUT2D eigenvalue weighted by atomic mass is 10.1. The summed E-state index contributed by atoms with van der Waals surface area (Å²) in [7, 11) is 1.73. The Morgan fingerprint density at radius 2 is 2.42 bits per heavy atom. The highest BCUT2D eigenvalue weighted by Gasteiger charge is 2.25. The molecule has 1 fully saturated rings. The van der Waals surface area contributed by atoms with Crippen LogP contribution in [-0.4, -0.2) is 37.5 Å². The number of methoxy groups -OCH3 is 1. The molecule has 102 valence electrons. The second kappa shape index (κ2) is 6.62. The first-order chi connectivity index (χ1) is 9.24. The van der Waals surface area contributed by atoms with Gasteiger partial charge in [0.15, 0.2) is 0 Å². The fourth-order valence-electron chi connectivity index (χ4n) is 2.26. The number of pyridine rings is 1. The van der Waals surface area contributed by atoms with Gasteiger partial charge in [-0.1, -0.05) is 0 Å². The zero-order valence-corrected chi connectivity index (χ0v) is 11.3. The van der Waals surface area contributed by atoms with Gasteiger partial charge in [-0.05, 0) is 25.5 Å². The molecule has 1 aromatic heterocycles. The number of aryl methyl sites for hydroxylation is 1. The van der Waals surface area contributed by atoms with Gasteiger partial charge in [0.2, 0.25) is 0 Å². The van der Waals surface area contributed by atoms with Gasteiger partial charge >= 0.3 is 0 Å². The maximum absolute atomic E-state index is 8.87. The molecule has 0 radical (unpaired) electrons. The molecule has 0 aliphatic carbocycles. The zero-order valence-electron chi connectivity index (χ0n) is 11.3. The Bertz CT molecular complexity index is 470. The van der Waals surface area contributed by atoms with Gasteiger partial charge in [0.05, 0.1) is 35.7 Å². The van der Waals surface area contributed by atoms with Crippen molar-refractivity contribution < 1.29 is 9.47 Å². The first-order valence-corrected chi connectivity index (χ1v) is 6.45. The third kappa shape index (κ3) is 3.51. The third-order valence-electron chi connectivity index (χ3n) is 3.40. The quantitative estimate of drug-likeness (QED) is 0.880. The average molecular weight is 261 g/mol. The molecular weight excluding hydrogens is 242 g/mol. The van der Waals surface area contributed by atoms with E-state index < -0.39 is 0 Å². The van der Waals surface area contributed by atoms with E-state index in [0.29, 0.717) is 18.7 Å². The molecule has 0 saturated carbocycles. The summed E-state index contributed by atoms with van der Waals surface area (Å²) in [5.74, 6) is 0. The van der Waals surface area contributed by atoms with Crippen LogP contribution in [0, 0.1) is 18.3 Å². The first kappa shape index (κ1) is 13.9. The molecule has 1 aliphatic rings. The van der Waals surface area contributed by atoms with Gasteiger partial charge in [-0.25, -0.2) is 0 Å². The lowest BCUT2D eigenvalue weighted by Crippen LogP contribution is -2.47. The number of rotatable bonds is 4. The molecule has 19 heavy (non-hydrogen) atoms. The number of nitrogens with one attached hydrogen (secondary N) is 1. The van der Waals surface area contributed by atoms with E-state index in [0.717, 1.165) is 24.4 Å². The molecule has 1 N–H and O–H groups in total. The first-order valence-electron chi connectivity index (χ1n) is 6.45. The molecule has 2 heterocycles. The molecule has 2 atom stereocenters. The van der Waals surface area contributed by atoms with Crippen LogP contribution in [0.1, 0.15) is 23.4 Å². The molecule has 2 rings (SSSR count). The SMILES string of the molecule is CO[C@@H]1CCOC[C@H]1NCc1ccc(C#N)c(C)n1. The second-order valence-electron chi connectivity index (χ2n) is 4.67. The van der Waals surface area contributed by atoms with Gasteiger partial charge in [0.25, 0.3) is 0 Å². The minimum absolute atomic E-state index is 0.188. The van der Waals surface area contributed by atoms with Crippen LogP contribution in [0.25, 0.3) is 0 Å². The van der Waals surface area contributed by atoms with Crippen molar-refractivity contribution in [3.8, 4) is 6.07 Å². The molecule has 0 aromatic carbocycles. The highest BCUT2D eigenvalue weighted by atomic mass is 16.5. The average Bonchev–Trinajstić information content (AvgIpc) is 2.45. The van der Waals surface area contributed by atoms with E-state index in [1.807, 2.05) is 19.1 Å². The van der Waals surface area contributed by atoms with Crippen LogP contribution < -0.4 is 5.32 Å². The van der Waals surface area contributed by atoms with Gasteiger partial charge in [-0.2, -0.15) is 5.26 Å². The van der Waals surface area contributed by atoms with E-state index >= 15 is 0 Å². The fourth-order valence-corrected chi connectivity index (χ4v) is 2.26. The van der Waals surface area contributed by atoms with Crippen molar-refractivity contribution in [2.24, 2.45) is 0 Å². The third-order valence-corrected chi connectivity index (χ3v) is 3.40. The highest BCUT2D eigenvalue weighted by molar-refractivity contribution is 5.33. The van der Waals surface area contributed by atoms with Crippen LogP contribution in [0.5, 0.6) is 0 Å². The smallest absolute Gasteiger partial charge is 0.101 e. The van der Waals surface area contributed by atoms with Crippen LogP contribution >= 0.6 is 0 Å². The molecule has 0 amide bonds. The molecular formula is C14H19N3O2. The topological polar surface area (TPSA) is 67.2 Å². The van der Waals surface area contributed by atoms with Crippen LogP contribution in [0.3, 0.4) is 0 Å². The summed E-state index contributed by atoms with van der Waals surface area (Å²) in [6.07, 6.45) is 1.10. The predicted octanol–water partition coefficient (Wildman–Crippen LogP) is 1.16. The Balaban J connectivity index is 1.94. The van der Waals surface area contributed by atoms with Crippen LogP contribution in [0.4, 0.5) is 0 Å². The van der Waals surface area contributed by atoms with E-state index in [1.54, 1.807) is 7.11 Å². The Labute approximate surface area is 113 Å². The van der Waals surface area contributed by atoms with Crippen LogP contribution in [0.15, 0.2) is 12.1 Å². The van der Waals surface area contributed by atoms with Gasteiger partial charge < -0.3 is 14.8 Å². The van der Waals surface area contributed by atoms with Crippen molar-refractivity contribution in [2.75, 3.05) is 20.3 Å². The molecule has 1 saturated heterocycles. The lowest BCUT2D eigenvalue weighted by molar-refractivity contribution is -0.0374. The summed E-state index contributed by atoms with van der Waals surface area (Å²) in [6.45, 7) is 3.92. The number of aromatic nitrogens is 1. The standard InChI is InChI=1S/C14H19N3O2/c1-10-11(7-15)3-4-12(17-10)8-16-13-9-19-6-5-14(13)18-2/h3-4,13-14,16H,5-6,8-9H2,1-2H3/t13-,14-/m1/s1. The maximum atomic E-state index is 8.87. The Kier molecular flexibility index (Phi) is 4.86. The molecule has 0 bridgehead atoms. The van der Waals surface area contributed by atoms with Crippen molar-refractivity contribution in [3.05, 3.63) is 29.1 Å². The number of ether oxygens (including phenoxy) is 2. The minimum atomic E-state index is 0.188. The summed E-state index contributed by atoms with van der Waals surface area (Å²) in [5, 5.41) is 12.3. The van der Waals surface area contributed by atoms with Crippen molar-refractivity contribution in [1.29, 1.82) is 5.26 Å². The zero-order chi connectivity index (χ0) is 13.7. The monoisotopic (exact) mass is 261 g/mol. The number of nitriles is 1. The Hall–Kier alpha value is -1.48. The van der Waals surface area contributed by atoms with E-state index in [9.17, 15) is 0 Å². The Morgan fingerprint density at radius 3 is 3.11 bits per heavy atom. The summed E-state index contributed by atoms with van der Waals surface area (Å²) < 4.78 is 10.9. The summed E-state index contributed by atoms with van der Waals surface area (Å²) in [4.78, 5) is 4.41. The van der Waals surface area contributed by atoms with E-state index in [-0.39, 0.29) is 12.1 Å². The van der Waals surface area contributed by atoms with Crippen LogP contribution in [0.2, 0.25) is 0 Å². The van der Waals surface area contributed by atoms with Gasteiger partial charge in [0, 0.05) is 20.3 Å². The Morgan fingerprint density at radius 1 is 1.58 bits per heavy atom. The van der Waals surface area contributed by atoms with Crippen molar-refractivity contribution in [3.63, 3.8) is 0 Å².